The summed E-state index contributed by atoms with van der Waals surface area (Å²) in [5.41, 5.74) is -0.357. The molecule has 2 amide bonds. The molecule has 2 aromatic rings. The van der Waals surface area contributed by atoms with Crippen molar-refractivity contribution in [3.63, 3.8) is 0 Å². The van der Waals surface area contributed by atoms with Gasteiger partial charge in [0, 0.05) is 12.6 Å². The summed E-state index contributed by atoms with van der Waals surface area (Å²) in [6.45, 7) is 0.564. The molecular weight excluding hydrogens is 324 g/mol. The Balaban J connectivity index is 1.82. The lowest BCUT2D eigenvalue weighted by molar-refractivity contribution is -0.105. The third kappa shape index (κ3) is 3.65. The Kier molecular flexibility index (Phi) is 5.02. The van der Waals surface area contributed by atoms with Gasteiger partial charge in [0.15, 0.2) is 16.9 Å². The van der Waals surface area contributed by atoms with E-state index in [4.69, 9.17) is 4.42 Å². The number of anilines is 1. The van der Waals surface area contributed by atoms with E-state index in [1.54, 1.807) is 0 Å². The zero-order chi connectivity index (χ0) is 17.8. The molecule has 0 spiro atoms. The van der Waals surface area contributed by atoms with Gasteiger partial charge in [0.2, 0.25) is 6.41 Å². The van der Waals surface area contributed by atoms with Gasteiger partial charge in [0.1, 0.15) is 11.0 Å². The summed E-state index contributed by atoms with van der Waals surface area (Å²) in [6.07, 6.45) is 6.21. The first-order valence-corrected chi connectivity index (χ1v) is 8.38. The molecule has 0 radical (unpaired) electrons. The average Bonchev–Trinajstić information content (AvgIpc) is 2.62. The number of rotatable bonds is 5. The Hall–Kier alpha value is -2.83. The van der Waals surface area contributed by atoms with Gasteiger partial charge in [-0.15, -0.1) is 0 Å². The Morgan fingerprint density at radius 1 is 1.28 bits per heavy atom. The zero-order valence-corrected chi connectivity index (χ0v) is 13.7. The number of hydrogen-bond acceptors (Lipinski definition) is 5. The van der Waals surface area contributed by atoms with E-state index in [9.17, 15) is 19.5 Å². The first-order chi connectivity index (χ1) is 12.1. The van der Waals surface area contributed by atoms with Gasteiger partial charge in [-0.1, -0.05) is 19.3 Å². The smallest absolute Gasteiger partial charge is 0.287 e. The molecule has 1 aliphatic carbocycles. The minimum Gasteiger partial charge on any atom is -0.505 e. The van der Waals surface area contributed by atoms with E-state index in [2.05, 4.69) is 10.6 Å². The average molecular weight is 344 g/mol. The predicted octanol–water partition coefficient (Wildman–Crippen LogP) is 2.38. The van der Waals surface area contributed by atoms with Crippen molar-refractivity contribution in [2.24, 2.45) is 5.92 Å². The second-order valence-corrected chi connectivity index (χ2v) is 6.29. The molecule has 3 rings (SSSR count). The van der Waals surface area contributed by atoms with Crippen LogP contribution in [0.2, 0.25) is 0 Å². The minimum absolute atomic E-state index is 0.0734. The molecule has 1 aromatic heterocycles. The monoisotopic (exact) mass is 344 g/mol. The fourth-order valence-corrected chi connectivity index (χ4v) is 3.24. The maximum Gasteiger partial charge on any atom is 0.287 e. The second kappa shape index (κ2) is 7.38. The SMILES string of the molecule is O=CNc1ccc2oc(C(=O)NCC3CCCCC3)cc(=O)c2c1O. The summed E-state index contributed by atoms with van der Waals surface area (Å²) in [7, 11) is 0. The zero-order valence-electron chi connectivity index (χ0n) is 13.7. The molecule has 1 fully saturated rings. The number of phenols is 1. The molecule has 0 unspecified atom stereocenters. The maximum absolute atomic E-state index is 12.3. The Morgan fingerprint density at radius 3 is 2.76 bits per heavy atom. The summed E-state index contributed by atoms with van der Waals surface area (Å²) in [6, 6.07) is 3.89. The van der Waals surface area contributed by atoms with Crippen molar-refractivity contribution >= 4 is 29.0 Å². The van der Waals surface area contributed by atoms with Crippen LogP contribution in [0.1, 0.15) is 42.7 Å². The Labute approximate surface area is 144 Å². The number of carbonyl (C=O) groups excluding carboxylic acids is 2. The summed E-state index contributed by atoms with van der Waals surface area (Å²) < 4.78 is 5.47. The molecule has 0 aliphatic heterocycles. The van der Waals surface area contributed by atoms with E-state index in [1.807, 2.05) is 0 Å². The fraction of sp³-hybridized carbons (Fsp3) is 0.389. The molecule has 132 valence electrons. The van der Waals surface area contributed by atoms with Crippen LogP contribution in [-0.4, -0.2) is 24.0 Å². The number of phenolic OH excluding ortho intramolecular Hbond substituents is 1. The molecule has 1 saturated carbocycles. The largest absolute Gasteiger partial charge is 0.505 e. The van der Waals surface area contributed by atoms with E-state index >= 15 is 0 Å². The lowest BCUT2D eigenvalue weighted by atomic mass is 9.89. The molecule has 25 heavy (non-hydrogen) atoms. The van der Waals surface area contributed by atoms with Crippen molar-refractivity contribution in [1.29, 1.82) is 0 Å². The normalized spacial score (nSPS) is 15.0. The molecule has 1 aromatic carbocycles. The van der Waals surface area contributed by atoms with Crippen LogP contribution >= 0.6 is 0 Å². The fourth-order valence-electron chi connectivity index (χ4n) is 3.24. The second-order valence-electron chi connectivity index (χ2n) is 6.29. The quantitative estimate of drug-likeness (QED) is 0.570. The van der Waals surface area contributed by atoms with Crippen LogP contribution in [0.25, 0.3) is 11.0 Å². The van der Waals surface area contributed by atoms with Crippen LogP contribution in [0.4, 0.5) is 5.69 Å². The molecule has 0 bridgehead atoms. The third-order valence-electron chi connectivity index (χ3n) is 4.58. The van der Waals surface area contributed by atoms with Crippen molar-refractivity contribution in [3.8, 4) is 5.75 Å². The molecule has 1 aliphatic rings. The summed E-state index contributed by atoms with van der Waals surface area (Å²) in [5.74, 6) is -0.457. The van der Waals surface area contributed by atoms with E-state index in [-0.39, 0.29) is 28.2 Å². The lowest BCUT2D eigenvalue weighted by Crippen LogP contribution is -2.30. The molecule has 7 nitrogen and oxygen atoms in total. The van der Waals surface area contributed by atoms with Gasteiger partial charge in [-0.3, -0.25) is 14.4 Å². The van der Waals surface area contributed by atoms with Crippen molar-refractivity contribution < 1.29 is 19.1 Å². The van der Waals surface area contributed by atoms with E-state index in [0.717, 1.165) is 18.9 Å². The molecule has 0 atom stereocenters. The number of aromatic hydroxyl groups is 1. The van der Waals surface area contributed by atoms with Gasteiger partial charge in [-0.25, -0.2) is 0 Å². The third-order valence-corrected chi connectivity index (χ3v) is 4.58. The number of amides is 2. The Bertz CT molecular complexity index is 852. The standard InChI is InChI=1S/C18H20N2O5/c21-10-20-12-6-7-14-16(17(12)23)13(22)8-15(25-14)18(24)19-9-11-4-2-1-3-5-11/h6-8,10-11,23H,1-5,9H2,(H,19,24)(H,20,21). The van der Waals surface area contributed by atoms with Gasteiger partial charge in [0.25, 0.3) is 5.91 Å². The summed E-state index contributed by atoms with van der Waals surface area (Å²) in [4.78, 5) is 35.1. The van der Waals surface area contributed by atoms with Crippen molar-refractivity contribution in [2.45, 2.75) is 32.1 Å². The van der Waals surface area contributed by atoms with Crippen molar-refractivity contribution in [1.82, 2.24) is 5.32 Å². The topological polar surface area (TPSA) is 109 Å². The van der Waals surface area contributed by atoms with Crippen LogP contribution in [0, 0.1) is 5.92 Å². The highest BCUT2D eigenvalue weighted by atomic mass is 16.3. The van der Waals surface area contributed by atoms with Gasteiger partial charge >= 0.3 is 0 Å². The van der Waals surface area contributed by atoms with Crippen molar-refractivity contribution in [2.75, 3.05) is 11.9 Å². The van der Waals surface area contributed by atoms with Crippen LogP contribution in [0.3, 0.4) is 0 Å². The van der Waals surface area contributed by atoms with Gasteiger partial charge < -0.3 is 20.2 Å². The Morgan fingerprint density at radius 2 is 2.04 bits per heavy atom. The number of hydrogen-bond donors (Lipinski definition) is 3. The molecule has 0 saturated heterocycles. The highest BCUT2D eigenvalue weighted by molar-refractivity contribution is 5.96. The van der Waals surface area contributed by atoms with Crippen molar-refractivity contribution in [3.05, 3.63) is 34.2 Å². The van der Waals surface area contributed by atoms with Crippen LogP contribution < -0.4 is 16.1 Å². The summed E-state index contributed by atoms with van der Waals surface area (Å²) in [5, 5.41) is 15.1. The number of benzene rings is 1. The van der Waals surface area contributed by atoms with E-state index in [1.165, 1.54) is 31.4 Å². The molecule has 7 heteroatoms. The number of fused-ring (bicyclic) bond motifs is 1. The molecular formula is C18H20N2O5. The van der Waals surface area contributed by atoms with E-state index < -0.39 is 11.3 Å². The van der Waals surface area contributed by atoms with Gasteiger partial charge in [-0.05, 0) is 30.9 Å². The number of nitrogens with one attached hydrogen (secondary N) is 2. The van der Waals surface area contributed by atoms with Crippen LogP contribution in [0.15, 0.2) is 27.4 Å². The molecule has 1 heterocycles. The predicted molar refractivity (Wildman–Crippen MR) is 92.7 cm³/mol. The molecule has 3 N–H and O–H groups in total. The van der Waals surface area contributed by atoms with Crippen LogP contribution in [0.5, 0.6) is 5.75 Å². The van der Waals surface area contributed by atoms with Gasteiger partial charge in [0.05, 0.1) is 5.69 Å². The number of carbonyl (C=O) groups is 2. The van der Waals surface area contributed by atoms with E-state index in [0.29, 0.717) is 18.9 Å². The van der Waals surface area contributed by atoms with Crippen LogP contribution in [-0.2, 0) is 4.79 Å². The highest BCUT2D eigenvalue weighted by Gasteiger charge is 2.18. The first kappa shape index (κ1) is 17.0. The van der Waals surface area contributed by atoms with Gasteiger partial charge in [-0.2, -0.15) is 0 Å². The maximum atomic E-state index is 12.3. The summed E-state index contributed by atoms with van der Waals surface area (Å²) >= 11 is 0. The minimum atomic E-state index is -0.545. The lowest BCUT2D eigenvalue weighted by Gasteiger charge is -2.21. The highest BCUT2D eigenvalue weighted by Crippen LogP contribution is 2.30. The first-order valence-electron chi connectivity index (χ1n) is 8.38.